The van der Waals surface area contributed by atoms with E-state index in [0.717, 1.165) is 51.7 Å². The van der Waals surface area contributed by atoms with Gasteiger partial charge >= 0.3 is 0 Å². The number of oxazole rings is 1. The summed E-state index contributed by atoms with van der Waals surface area (Å²) < 4.78 is 17.9. The third-order valence-corrected chi connectivity index (χ3v) is 10.0. The minimum atomic E-state index is -1.72. The molecule has 24 heavy (non-hydrogen) atoms. The second-order valence-corrected chi connectivity index (χ2v) is 13.1. The lowest BCUT2D eigenvalue weighted by Crippen LogP contribution is -2.44. The maximum absolute atomic E-state index is 6.55. The number of aromatic nitrogens is 1. The predicted molar refractivity (Wildman–Crippen MR) is 98.4 cm³/mol. The number of rotatable bonds is 4. The normalized spacial score (nSPS) is 23.1. The van der Waals surface area contributed by atoms with Crippen LogP contribution in [0.1, 0.15) is 27.2 Å². The Hall–Kier alpha value is -1.05. The third-order valence-electron chi connectivity index (χ3n) is 5.49. The largest absolute Gasteiger partial charge is 0.412 e. The van der Waals surface area contributed by atoms with Crippen LogP contribution in [0.5, 0.6) is 0 Å². The van der Waals surface area contributed by atoms with E-state index in [-0.39, 0.29) is 5.04 Å². The lowest BCUT2D eigenvalue weighted by atomic mass is 10.2. The molecule has 0 saturated carbocycles. The van der Waals surface area contributed by atoms with Gasteiger partial charge in [-0.05, 0) is 24.6 Å². The molecule has 2 aliphatic heterocycles. The topological polar surface area (TPSA) is 51.0 Å². The lowest BCUT2D eigenvalue weighted by Gasteiger charge is -2.38. The Morgan fingerprint density at radius 1 is 1.17 bits per heavy atom. The van der Waals surface area contributed by atoms with Crippen LogP contribution in [-0.2, 0) is 9.16 Å². The van der Waals surface area contributed by atoms with Gasteiger partial charge in [0.2, 0.25) is 5.88 Å². The van der Waals surface area contributed by atoms with Crippen molar-refractivity contribution in [2.24, 2.45) is 0 Å². The van der Waals surface area contributed by atoms with Gasteiger partial charge in [0.05, 0.1) is 25.5 Å². The first kappa shape index (κ1) is 17.8. The Balaban J connectivity index is 1.59. The van der Waals surface area contributed by atoms with Crippen molar-refractivity contribution in [3.05, 3.63) is 6.20 Å². The monoisotopic (exact) mass is 353 g/mol. The molecule has 7 heteroatoms. The Labute approximate surface area is 146 Å². The SMILES string of the molecule is CC(C)(C)[Si](C)(C)O[C@@H]1CCN(c2cnc(N3CCOCC3)o2)C1. The molecule has 136 valence electrons. The molecule has 1 aromatic heterocycles. The van der Waals surface area contributed by atoms with Gasteiger partial charge in [-0.1, -0.05) is 20.8 Å². The van der Waals surface area contributed by atoms with E-state index in [4.69, 9.17) is 13.6 Å². The van der Waals surface area contributed by atoms with E-state index >= 15 is 0 Å². The number of hydrogen-bond donors (Lipinski definition) is 0. The highest BCUT2D eigenvalue weighted by Crippen LogP contribution is 2.38. The fourth-order valence-corrected chi connectivity index (χ4v) is 4.30. The quantitative estimate of drug-likeness (QED) is 0.775. The van der Waals surface area contributed by atoms with Crippen molar-refractivity contribution in [1.29, 1.82) is 0 Å². The highest BCUT2D eigenvalue weighted by atomic mass is 28.4. The smallest absolute Gasteiger partial charge is 0.299 e. The fraction of sp³-hybridized carbons (Fsp3) is 0.824. The van der Waals surface area contributed by atoms with Crippen LogP contribution in [0.4, 0.5) is 11.9 Å². The maximum Gasteiger partial charge on any atom is 0.299 e. The molecule has 6 nitrogen and oxygen atoms in total. The van der Waals surface area contributed by atoms with Crippen molar-refractivity contribution >= 4 is 20.2 Å². The number of ether oxygens (including phenoxy) is 1. The van der Waals surface area contributed by atoms with E-state index in [1.54, 1.807) is 0 Å². The van der Waals surface area contributed by atoms with Crippen molar-refractivity contribution < 1.29 is 13.6 Å². The molecule has 2 aliphatic rings. The molecular weight excluding hydrogens is 322 g/mol. The summed E-state index contributed by atoms with van der Waals surface area (Å²) in [7, 11) is -1.72. The van der Waals surface area contributed by atoms with E-state index in [1.165, 1.54) is 0 Å². The third kappa shape index (κ3) is 3.78. The van der Waals surface area contributed by atoms with E-state index in [1.807, 2.05) is 6.20 Å². The summed E-state index contributed by atoms with van der Waals surface area (Å²) in [6.07, 6.45) is 3.20. The van der Waals surface area contributed by atoms with E-state index in [2.05, 4.69) is 48.6 Å². The summed E-state index contributed by atoms with van der Waals surface area (Å²) in [4.78, 5) is 8.86. The van der Waals surface area contributed by atoms with Crippen LogP contribution in [0, 0.1) is 0 Å². The van der Waals surface area contributed by atoms with Gasteiger partial charge in [-0.25, -0.2) is 0 Å². The maximum atomic E-state index is 6.55. The van der Waals surface area contributed by atoms with Crippen LogP contribution < -0.4 is 9.80 Å². The Morgan fingerprint density at radius 2 is 1.88 bits per heavy atom. The van der Waals surface area contributed by atoms with Gasteiger partial charge in [0.1, 0.15) is 0 Å². The van der Waals surface area contributed by atoms with E-state index < -0.39 is 8.32 Å². The first-order chi connectivity index (χ1) is 11.3. The minimum absolute atomic E-state index is 0.246. The van der Waals surface area contributed by atoms with Crippen LogP contribution in [0.3, 0.4) is 0 Å². The molecule has 0 aliphatic carbocycles. The number of morpholine rings is 1. The summed E-state index contributed by atoms with van der Waals surface area (Å²) in [5.41, 5.74) is 0. The Morgan fingerprint density at radius 3 is 2.54 bits per heavy atom. The van der Waals surface area contributed by atoms with Crippen molar-refractivity contribution in [3.8, 4) is 0 Å². The first-order valence-electron chi connectivity index (χ1n) is 8.97. The number of hydrogen-bond acceptors (Lipinski definition) is 6. The molecule has 0 spiro atoms. The zero-order valence-corrected chi connectivity index (χ0v) is 16.7. The zero-order chi connectivity index (χ0) is 17.4. The number of nitrogens with zero attached hydrogens (tertiary/aromatic N) is 3. The van der Waals surface area contributed by atoms with Gasteiger partial charge in [-0.2, -0.15) is 4.98 Å². The predicted octanol–water partition coefficient (Wildman–Crippen LogP) is 3.11. The second kappa shape index (κ2) is 6.69. The molecule has 2 saturated heterocycles. The second-order valence-electron chi connectivity index (χ2n) is 8.32. The molecule has 3 heterocycles. The molecule has 0 aromatic carbocycles. The molecule has 0 radical (unpaired) electrons. The molecule has 3 rings (SSSR count). The van der Waals surface area contributed by atoms with Crippen LogP contribution >= 0.6 is 0 Å². The van der Waals surface area contributed by atoms with Crippen LogP contribution in [0.15, 0.2) is 10.6 Å². The van der Waals surface area contributed by atoms with E-state index in [9.17, 15) is 0 Å². The Bertz CT molecular complexity index is 550. The summed E-state index contributed by atoms with van der Waals surface area (Å²) in [6.45, 7) is 16.5. The molecule has 1 atom stereocenters. The summed E-state index contributed by atoms with van der Waals surface area (Å²) in [6, 6.07) is 0.710. The van der Waals surface area contributed by atoms with Gasteiger partial charge in [0.25, 0.3) is 6.01 Å². The first-order valence-corrected chi connectivity index (χ1v) is 11.9. The average Bonchev–Trinajstić information content (AvgIpc) is 3.15. The molecule has 0 bridgehead atoms. The molecule has 0 N–H and O–H groups in total. The average molecular weight is 354 g/mol. The minimum Gasteiger partial charge on any atom is -0.412 e. The van der Waals surface area contributed by atoms with Gasteiger partial charge in [-0.3, -0.25) is 0 Å². The molecule has 0 amide bonds. The molecule has 1 aromatic rings. The van der Waals surface area contributed by atoms with Gasteiger partial charge < -0.3 is 23.4 Å². The van der Waals surface area contributed by atoms with Crippen LogP contribution in [0.2, 0.25) is 18.1 Å². The van der Waals surface area contributed by atoms with Crippen molar-refractivity contribution in [1.82, 2.24) is 4.98 Å². The van der Waals surface area contributed by atoms with Crippen LogP contribution in [-0.4, -0.2) is 58.8 Å². The van der Waals surface area contributed by atoms with Crippen molar-refractivity contribution in [2.75, 3.05) is 49.2 Å². The molecule has 0 unspecified atom stereocenters. The number of anilines is 2. The highest BCUT2D eigenvalue weighted by molar-refractivity contribution is 6.74. The van der Waals surface area contributed by atoms with Gasteiger partial charge in [-0.15, -0.1) is 0 Å². The van der Waals surface area contributed by atoms with E-state index in [0.29, 0.717) is 12.1 Å². The Kier molecular flexibility index (Phi) is 4.95. The van der Waals surface area contributed by atoms with Crippen molar-refractivity contribution in [3.63, 3.8) is 0 Å². The molecular formula is C17H31N3O3Si. The highest BCUT2D eigenvalue weighted by Gasteiger charge is 2.40. The van der Waals surface area contributed by atoms with Crippen molar-refractivity contribution in [2.45, 2.75) is 51.4 Å². The fourth-order valence-electron chi connectivity index (χ4n) is 2.92. The standard InChI is InChI=1S/C17H31N3O3Si/c1-17(2,3)24(4,5)23-14-6-7-20(13-14)15-12-18-16(22-15)19-8-10-21-11-9-19/h12,14H,6-11,13H2,1-5H3/t14-/m1/s1. The van der Waals surface area contributed by atoms with Crippen LogP contribution in [0.25, 0.3) is 0 Å². The summed E-state index contributed by atoms with van der Waals surface area (Å²) in [5.74, 6) is 0.859. The summed E-state index contributed by atoms with van der Waals surface area (Å²) >= 11 is 0. The lowest BCUT2D eigenvalue weighted by molar-refractivity contribution is 0.120. The van der Waals surface area contributed by atoms with Gasteiger partial charge in [0, 0.05) is 26.2 Å². The summed E-state index contributed by atoms with van der Waals surface area (Å²) in [5, 5.41) is 0.246. The zero-order valence-electron chi connectivity index (χ0n) is 15.7. The molecule has 2 fully saturated rings. The van der Waals surface area contributed by atoms with Gasteiger partial charge in [0.15, 0.2) is 8.32 Å².